The van der Waals surface area contributed by atoms with Gasteiger partial charge in [0.2, 0.25) is 11.8 Å². The van der Waals surface area contributed by atoms with Crippen molar-refractivity contribution in [3.05, 3.63) is 91.5 Å². The lowest BCUT2D eigenvalue weighted by molar-refractivity contribution is -0.301. The van der Waals surface area contributed by atoms with E-state index in [4.69, 9.17) is 24.5 Å². The summed E-state index contributed by atoms with van der Waals surface area (Å²) >= 11 is 0. The smallest absolute Gasteiger partial charge is 0.220 e. The first-order chi connectivity index (χ1) is 36.8. The Morgan fingerprint density at radius 2 is 1.26 bits per heavy atom. The number of rotatable bonds is 30. The second-order valence-electron chi connectivity index (χ2n) is 21.8. The Morgan fingerprint density at radius 3 is 1.88 bits per heavy atom. The average Bonchev–Trinajstić information content (AvgIpc) is 4.18. The second kappa shape index (κ2) is 28.7. The van der Waals surface area contributed by atoms with Crippen LogP contribution in [0.2, 0.25) is 0 Å². The largest absolute Gasteiger partial charge is 0.511 e. The van der Waals surface area contributed by atoms with Gasteiger partial charge >= 0.3 is 0 Å². The molecule has 7 aliphatic rings. The summed E-state index contributed by atoms with van der Waals surface area (Å²) in [6.45, 7) is 11.6. The van der Waals surface area contributed by atoms with Gasteiger partial charge in [0.25, 0.3) is 0 Å². The van der Waals surface area contributed by atoms with Crippen LogP contribution >= 0.6 is 0 Å². The zero-order valence-electron chi connectivity index (χ0n) is 46.0. The van der Waals surface area contributed by atoms with Gasteiger partial charge in [-0.25, -0.2) is 15.0 Å². The average molecular weight is 1050 g/mol. The molecule has 9 N–H and O–H groups in total. The number of allylic oxidation sites excluding steroid dienone is 11. The zero-order chi connectivity index (χ0) is 54.3. The van der Waals surface area contributed by atoms with Crippen LogP contribution in [-0.2, 0) is 19.1 Å². The van der Waals surface area contributed by atoms with Crippen molar-refractivity contribution < 1.29 is 49.7 Å². The van der Waals surface area contributed by atoms with E-state index in [0.717, 1.165) is 182 Å². The van der Waals surface area contributed by atoms with Crippen LogP contribution in [0, 0.1) is 11.8 Å². The number of amides is 2. The van der Waals surface area contributed by atoms with Crippen molar-refractivity contribution >= 4 is 28.9 Å². The maximum Gasteiger partial charge on any atom is 0.220 e. The maximum absolute atomic E-state index is 13.4. The summed E-state index contributed by atoms with van der Waals surface area (Å²) in [6.07, 6.45) is 20.8. The third kappa shape index (κ3) is 14.7. The first-order valence-electron chi connectivity index (χ1n) is 28.8. The molecule has 76 heavy (non-hydrogen) atoms. The molecule has 8 bridgehead atoms. The van der Waals surface area contributed by atoms with E-state index in [9.17, 15) is 40.2 Å². The Labute approximate surface area is 450 Å². The molecule has 0 aromatic carbocycles. The first kappa shape index (κ1) is 58.9. The number of aliphatic imine (C=N–C) groups is 3. The lowest BCUT2D eigenvalue weighted by Crippen LogP contribution is -2.59. The predicted octanol–water partition coefficient (Wildman–Crippen LogP) is 8.50. The molecule has 7 atom stereocenters. The van der Waals surface area contributed by atoms with Crippen molar-refractivity contribution in [3.63, 3.8) is 0 Å². The monoisotopic (exact) mass is 1050 g/mol. The number of carbonyl (C=O) groups is 2. The van der Waals surface area contributed by atoms with Gasteiger partial charge in [-0.05, 0) is 99.8 Å². The SMILES string of the molecule is CCC1=C(C)C2=NC1=CC1=C(C)C3=C(O)CC(=C4NC(=CC5=NC(=C2)C(CO)=C5C)[C@@H](C)[C@@H]4CCC(=O)NCCCCCCCCCCCC(=O)NCCCCCCCCCCO[C@@H]2O[C@H](CO)[C@H](O)[C@H](O)[C@H]2O)C3=N1. The summed E-state index contributed by atoms with van der Waals surface area (Å²) in [5, 5.41) is 71.1. The van der Waals surface area contributed by atoms with E-state index in [1.54, 1.807) is 0 Å². The molecule has 7 rings (SSSR count). The van der Waals surface area contributed by atoms with Gasteiger partial charge in [0, 0.05) is 78.9 Å². The van der Waals surface area contributed by atoms with Crippen molar-refractivity contribution in [1.82, 2.24) is 16.0 Å². The van der Waals surface area contributed by atoms with Crippen LogP contribution in [0.3, 0.4) is 0 Å². The number of fused-ring (bicyclic) bond motifs is 5. The Morgan fingerprint density at radius 1 is 0.697 bits per heavy atom. The van der Waals surface area contributed by atoms with E-state index in [2.05, 4.69) is 42.8 Å². The quantitative estimate of drug-likeness (QED) is 0.0309. The van der Waals surface area contributed by atoms with E-state index >= 15 is 0 Å². The van der Waals surface area contributed by atoms with Gasteiger partial charge in [-0.3, -0.25) is 9.59 Å². The number of ether oxygens (including phenoxy) is 2. The van der Waals surface area contributed by atoms with E-state index in [1.165, 1.54) is 19.3 Å². The molecule has 2 fully saturated rings. The van der Waals surface area contributed by atoms with Crippen LogP contribution in [0.5, 0.6) is 0 Å². The number of hydrogen-bond donors (Lipinski definition) is 9. The molecule has 0 aromatic heterocycles. The van der Waals surface area contributed by atoms with Gasteiger partial charge in [-0.2, -0.15) is 0 Å². The minimum atomic E-state index is -1.42. The molecule has 2 saturated heterocycles. The lowest BCUT2D eigenvalue weighted by Gasteiger charge is -2.39. The first-order valence-corrected chi connectivity index (χ1v) is 28.8. The molecule has 0 radical (unpaired) electrons. The number of aliphatic hydroxyl groups excluding tert-OH is 6. The van der Waals surface area contributed by atoms with E-state index in [1.807, 2.05) is 26.0 Å². The van der Waals surface area contributed by atoms with Crippen LogP contribution in [0.1, 0.15) is 176 Å². The highest BCUT2D eigenvalue weighted by atomic mass is 16.7. The second-order valence-corrected chi connectivity index (χ2v) is 21.8. The van der Waals surface area contributed by atoms with Crippen molar-refractivity contribution in [1.29, 1.82) is 0 Å². The lowest BCUT2D eigenvalue weighted by atomic mass is 9.86. The molecule has 16 nitrogen and oxygen atoms in total. The molecule has 6 aliphatic heterocycles. The van der Waals surface area contributed by atoms with Gasteiger partial charge < -0.3 is 56.1 Å². The minimum absolute atomic E-state index is 0.00793. The molecule has 0 aromatic rings. The Balaban J connectivity index is 0.737. The third-order valence-electron chi connectivity index (χ3n) is 16.4. The molecular formula is C60H88N6O10. The number of nitrogens with zero attached hydrogens (tertiary/aromatic N) is 3. The number of unbranched alkanes of at least 4 members (excludes halogenated alkanes) is 15. The van der Waals surface area contributed by atoms with Gasteiger partial charge in [0.05, 0.1) is 47.4 Å². The van der Waals surface area contributed by atoms with E-state index in [0.29, 0.717) is 50.3 Å². The molecule has 0 saturated carbocycles. The molecule has 1 aliphatic carbocycles. The van der Waals surface area contributed by atoms with Crippen molar-refractivity contribution in [2.24, 2.45) is 26.8 Å². The Kier molecular flexibility index (Phi) is 22.2. The summed E-state index contributed by atoms with van der Waals surface area (Å²) in [4.78, 5) is 41.0. The molecular weight excluding hydrogens is 965 g/mol. The van der Waals surface area contributed by atoms with E-state index < -0.39 is 37.3 Å². The molecule has 16 heteroatoms. The number of aliphatic hydroxyl groups is 6. The summed E-state index contributed by atoms with van der Waals surface area (Å²) in [5.41, 5.74) is 13.4. The number of nitrogens with one attached hydrogen (secondary N) is 3. The van der Waals surface area contributed by atoms with Crippen LogP contribution in [0.25, 0.3) is 0 Å². The van der Waals surface area contributed by atoms with Crippen molar-refractivity contribution in [2.45, 2.75) is 207 Å². The van der Waals surface area contributed by atoms with Crippen LogP contribution in [0.15, 0.2) is 106 Å². The highest BCUT2D eigenvalue weighted by Crippen LogP contribution is 2.46. The molecule has 418 valence electrons. The third-order valence-corrected chi connectivity index (χ3v) is 16.4. The summed E-state index contributed by atoms with van der Waals surface area (Å²) in [7, 11) is 0. The fraction of sp³-hybridized carbons (Fsp3) is 0.650. The van der Waals surface area contributed by atoms with Crippen LogP contribution < -0.4 is 16.0 Å². The van der Waals surface area contributed by atoms with Gasteiger partial charge in [0.1, 0.15) is 30.2 Å². The number of hydrogen-bond acceptors (Lipinski definition) is 14. The maximum atomic E-state index is 13.4. The van der Waals surface area contributed by atoms with Gasteiger partial charge in [-0.15, -0.1) is 0 Å². The standard InChI is InChI=1S/C60H88N6O10/c1-6-40-36(2)45-32-49-43(34-67)38(4)44(64-49)31-46-37(3)41(55(65-46)42-30-50(69)54-39(5)47(66-56(42)54)33-48(40)63-45)25-26-53(71)62-28-22-18-13-9-7-8-12-16-20-24-52(70)61-27-21-17-14-10-11-15-19-23-29-75-60-59(74)58(73)57(72)51(35-68)76-60/h31-33,37,41,51,57-60,65,67-69,72-74H,6-30,34-35H2,1-5H3,(H,61,70)(H,62,71)/t37-,41-,51+,57-,58-,59+,60+/m0/s1. The highest BCUT2D eigenvalue weighted by Gasteiger charge is 2.44. The van der Waals surface area contributed by atoms with Crippen molar-refractivity contribution in [2.75, 3.05) is 32.9 Å². The fourth-order valence-electron chi connectivity index (χ4n) is 11.6. The van der Waals surface area contributed by atoms with Crippen molar-refractivity contribution in [3.8, 4) is 0 Å². The van der Waals surface area contributed by atoms with Gasteiger partial charge in [-0.1, -0.05) is 97.3 Å². The van der Waals surface area contributed by atoms with Crippen LogP contribution in [-0.4, -0.2) is 123 Å². The van der Waals surface area contributed by atoms with E-state index in [-0.39, 0.29) is 30.3 Å². The number of carbonyl (C=O) groups excluding carboxylic acids is 2. The molecule has 0 unspecified atom stereocenters. The highest BCUT2D eigenvalue weighted by molar-refractivity contribution is 6.21. The minimum Gasteiger partial charge on any atom is -0.511 e. The summed E-state index contributed by atoms with van der Waals surface area (Å²) in [6, 6.07) is 0. The summed E-state index contributed by atoms with van der Waals surface area (Å²) in [5.74, 6) is 0.538. The molecule has 6 heterocycles. The van der Waals surface area contributed by atoms with Gasteiger partial charge in [0.15, 0.2) is 6.29 Å². The predicted molar refractivity (Wildman–Crippen MR) is 297 cm³/mol. The zero-order valence-corrected chi connectivity index (χ0v) is 46.0. The van der Waals surface area contributed by atoms with Crippen LogP contribution in [0.4, 0.5) is 0 Å². The molecule has 2 amide bonds. The normalized spacial score (nSPS) is 25.1. The fourth-order valence-corrected chi connectivity index (χ4v) is 11.6. The molecule has 0 spiro atoms. The topological polar surface area (TPSA) is 247 Å². The Bertz CT molecular complexity index is 2470. The summed E-state index contributed by atoms with van der Waals surface area (Å²) < 4.78 is 10.9. The Hall–Kier alpha value is -4.81.